The molecule has 0 aliphatic carbocycles. The summed E-state index contributed by atoms with van der Waals surface area (Å²) in [6, 6.07) is 68.2. The molecule has 11 aromatic rings. The first-order valence-corrected chi connectivity index (χ1v) is 22.0. The summed E-state index contributed by atoms with van der Waals surface area (Å²) in [7, 11) is 0. The third kappa shape index (κ3) is 6.58. The molecule has 0 saturated heterocycles. The lowest BCUT2D eigenvalue weighted by Gasteiger charge is -2.30. The van der Waals surface area contributed by atoms with Crippen LogP contribution < -0.4 is 4.90 Å². The molecule has 3 heteroatoms. The molecule has 0 spiro atoms. The Labute approximate surface area is 368 Å². The van der Waals surface area contributed by atoms with Crippen molar-refractivity contribution in [3.63, 3.8) is 0 Å². The summed E-state index contributed by atoms with van der Waals surface area (Å²) in [5, 5.41) is 6.82. The van der Waals surface area contributed by atoms with E-state index in [1.54, 1.807) is 0 Å². The molecule has 3 nitrogen and oxygen atoms in total. The van der Waals surface area contributed by atoms with E-state index in [1.807, 2.05) is 18.2 Å². The molecular weight excluding hydrogens is 767 g/mol. The van der Waals surface area contributed by atoms with Crippen LogP contribution in [0.15, 0.2) is 197 Å². The highest BCUT2D eigenvalue weighted by atomic mass is 16.3. The van der Waals surface area contributed by atoms with Gasteiger partial charge in [-0.15, -0.1) is 0 Å². The van der Waals surface area contributed by atoms with E-state index in [4.69, 9.17) is 8.83 Å². The van der Waals surface area contributed by atoms with Crippen LogP contribution in [0.5, 0.6) is 0 Å². The van der Waals surface area contributed by atoms with Crippen LogP contribution in [0.1, 0.15) is 52.7 Å². The molecule has 0 unspecified atom stereocenters. The summed E-state index contributed by atoms with van der Waals surface area (Å²) < 4.78 is 12.9. The number of anilines is 3. The Morgan fingerprint density at radius 1 is 0.349 bits per heavy atom. The smallest absolute Gasteiger partial charge is 0.136 e. The highest BCUT2D eigenvalue weighted by molar-refractivity contribution is 6.15. The Balaban J connectivity index is 1.20. The van der Waals surface area contributed by atoms with Crippen molar-refractivity contribution in [3.8, 4) is 33.4 Å². The van der Waals surface area contributed by atoms with Crippen molar-refractivity contribution in [2.45, 2.75) is 52.4 Å². The van der Waals surface area contributed by atoms with Crippen LogP contribution in [-0.2, 0) is 10.8 Å². The van der Waals surface area contributed by atoms with E-state index in [0.29, 0.717) is 0 Å². The summed E-state index contributed by atoms with van der Waals surface area (Å²) in [5.74, 6) is 0. The van der Waals surface area contributed by atoms with Crippen LogP contribution in [0.2, 0.25) is 0 Å². The fraction of sp³-hybridized carbons (Fsp3) is 0.133. The SMILES string of the molecule is CC(C)(C)c1cc(-c2cccc3cccc(-c4ccccc4N(c4ccc5oc6ccccc6c5c4)c4ccccc4-c4cccc5oc6ccccc6c45)c23)cc(C(C)(C)C)c1. The summed E-state index contributed by atoms with van der Waals surface area (Å²) in [5.41, 5.74) is 16.3. The lowest BCUT2D eigenvalue weighted by atomic mass is 9.78. The highest BCUT2D eigenvalue weighted by Gasteiger charge is 2.26. The fourth-order valence-corrected chi connectivity index (χ4v) is 9.51. The number of para-hydroxylation sites is 4. The standard InChI is InChI=1S/C60H49NO2/c1-59(2,3)40-34-39(35-41(36-40)60(4,5)6)43-24-15-18-38-19-16-25-47(57(38)43)44-20-7-11-27-51(44)61(42-32-33-55-50(37-42)46-22-9-13-29-53(46)62-55)52-28-12-8-21-45(52)48-26-17-31-56-58(48)49-23-10-14-30-54(49)63-56/h7-37H,1-6H3. The summed E-state index contributed by atoms with van der Waals surface area (Å²) in [4.78, 5) is 2.45. The Hall–Kier alpha value is -7.36. The maximum Gasteiger partial charge on any atom is 0.136 e. The largest absolute Gasteiger partial charge is 0.456 e. The Morgan fingerprint density at radius 2 is 0.825 bits per heavy atom. The van der Waals surface area contributed by atoms with E-state index in [2.05, 4.69) is 216 Å². The van der Waals surface area contributed by atoms with E-state index in [-0.39, 0.29) is 10.8 Å². The summed E-state index contributed by atoms with van der Waals surface area (Å²) in [6.07, 6.45) is 0. The highest BCUT2D eigenvalue weighted by Crippen LogP contribution is 2.50. The van der Waals surface area contributed by atoms with Gasteiger partial charge in [-0.3, -0.25) is 0 Å². The lowest BCUT2D eigenvalue weighted by Crippen LogP contribution is -2.16. The average Bonchev–Trinajstić information content (AvgIpc) is 3.87. The molecule has 0 amide bonds. The monoisotopic (exact) mass is 815 g/mol. The van der Waals surface area contributed by atoms with E-state index < -0.39 is 0 Å². The normalized spacial score (nSPS) is 12.3. The Morgan fingerprint density at radius 3 is 1.48 bits per heavy atom. The number of furan rings is 2. The molecule has 9 aromatic carbocycles. The molecule has 0 aliphatic rings. The molecule has 0 bridgehead atoms. The minimum atomic E-state index is -0.0155. The third-order valence-electron chi connectivity index (χ3n) is 12.8. The van der Waals surface area contributed by atoms with Crippen LogP contribution in [0.25, 0.3) is 88.0 Å². The van der Waals surface area contributed by atoms with Gasteiger partial charge in [-0.2, -0.15) is 0 Å². The Bertz CT molecular complexity index is 3510. The maximum absolute atomic E-state index is 6.46. The van der Waals surface area contributed by atoms with Crippen LogP contribution in [0, 0.1) is 0 Å². The molecule has 2 aromatic heterocycles. The number of fused-ring (bicyclic) bond motifs is 7. The molecule has 63 heavy (non-hydrogen) atoms. The summed E-state index contributed by atoms with van der Waals surface area (Å²) in [6.45, 7) is 13.9. The van der Waals surface area contributed by atoms with Gasteiger partial charge in [-0.25, -0.2) is 0 Å². The number of benzene rings is 9. The average molecular weight is 816 g/mol. The number of nitrogens with zero attached hydrogens (tertiary/aromatic N) is 1. The van der Waals surface area contributed by atoms with Gasteiger partial charge in [0.1, 0.15) is 22.3 Å². The molecule has 2 heterocycles. The third-order valence-corrected chi connectivity index (χ3v) is 12.8. The van der Waals surface area contributed by atoms with E-state index in [0.717, 1.165) is 77.6 Å². The van der Waals surface area contributed by atoms with Crippen molar-refractivity contribution in [2.75, 3.05) is 4.90 Å². The van der Waals surface area contributed by atoms with Crippen molar-refractivity contribution >= 4 is 71.7 Å². The topological polar surface area (TPSA) is 29.5 Å². The number of rotatable bonds is 6. The molecule has 0 N–H and O–H groups in total. The van der Waals surface area contributed by atoms with Gasteiger partial charge < -0.3 is 13.7 Å². The van der Waals surface area contributed by atoms with Crippen LogP contribution in [-0.4, -0.2) is 0 Å². The Kier molecular flexibility index (Phi) is 8.96. The predicted octanol–water partition coefficient (Wildman–Crippen LogP) is 17.7. The van der Waals surface area contributed by atoms with Crippen LogP contribution in [0.3, 0.4) is 0 Å². The van der Waals surface area contributed by atoms with Gasteiger partial charge in [0.15, 0.2) is 0 Å². The van der Waals surface area contributed by atoms with Gasteiger partial charge >= 0.3 is 0 Å². The van der Waals surface area contributed by atoms with Crippen molar-refractivity contribution in [1.82, 2.24) is 0 Å². The molecule has 0 fully saturated rings. The zero-order chi connectivity index (χ0) is 43.0. The van der Waals surface area contributed by atoms with Gasteiger partial charge in [0, 0.05) is 38.4 Å². The van der Waals surface area contributed by atoms with Gasteiger partial charge in [-0.1, -0.05) is 181 Å². The van der Waals surface area contributed by atoms with E-state index in [9.17, 15) is 0 Å². The first-order valence-electron chi connectivity index (χ1n) is 22.0. The molecule has 0 radical (unpaired) electrons. The predicted molar refractivity (Wildman–Crippen MR) is 267 cm³/mol. The van der Waals surface area contributed by atoms with E-state index in [1.165, 1.54) is 38.6 Å². The van der Waals surface area contributed by atoms with Crippen molar-refractivity contribution in [3.05, 3.63) is 199 Å². The first kappa shape index (κ1) is 38.6. The second-order valence-corrected chi connectivity index (χ2v) is 18.9. The maximum atomic E-state index is 6.46. The minimum Gasteiger partial charge on any atom is -0.456 e. The second-order valence-electron chi connectivity index (χ2n) is 18.9. The summed E-state index contributed by atoms with van der Waals surface area (Å²) >= 11 is 0. The minimum absolute atomic E-state index is 0.0155. The molecular formula is C60H49NO2. The fourth-order valence-electron chi connectivity index (χ4n) is 9.51. The van der Waals surface area contributed by atoms with Crippen molar-refractivity contribution < 1.29 is 8.83 Å². The van der Waals surface area contributed by atoms with Crippen molar-refractivity contribution in [1.29, 1.82) is 0 Å². The van der Waals surface area contributed by atoms with E-state index >= 15 is 0 Å². The second kappa shape index (κ2) is 14.6. The number of hydrogen-bond acceptors (Lipinski definition) is 3. The lowest BCUT2D eigenvalue weighted by molar-refractivity contribution is 0.569. The first-order chi connectivity index (χ1) is 30.5. The van der Waals surface area contributed by atoms with Crippen LogP contribution in [0.4, 0.5) is 17.1 Å². The van der Waals surface area contributed by atoms with Gasteiger partial charge in [0.05, 0.1) is 11.4 Å². The molecule has 0 aliphatic heterocycles. The molecule has 0 atom stereocenters. The molecule has 306 valence electrons. The number of hydrogen-bond donors (Lipinski definition) is 0. The molecule has 0 saturated carbocycles. The zero-order valence-electron chi connectivity index (χ0n) is 36.7. The van der Waals surface area contributed by atoms with Gasteiger partial charge in [0.25, 0.3) is 0 Å². The molecule has 11 rings (SSSR count). The zero-order valence-corrected chi connectivity index (χ0v) is 36.7. The quantitative estimate of drug-likeness (QED) is 0.167. The van der Waals surface area contributed by atoms with Gasteiger partial charge in [-0.05, 0) is 104 Å². The van der Waals surface area contributed by atoms with Crippen molar-refractivity contribution in [2.24, 2.45) is 0 Å². The van der Waals surface area contributed by atoms with Crippen LogP contribution >= 0.6 is 0 Å². The van der Waals surface area contributed by atoms with Gasteiger partial charge in [0.2, 0.25) is 0 Å².